The van der Waals surface area contributed by atoms with Crippen LogP contribution in [0.5, 0.6) is 0 Å². The average molecular weight is 212 g/mol. The van der Waals surface area contributed by atoms with E-state index in [0.29, 0.717) is 12.5 Å². The minimum absolute atomic E-state index is 0.232. The molecule has 0 saturated heterocycles. The lowest BCUT2D eigenvalue weighted by molar-refractivity contribution is -0.121. The molecule has 0 aromatic carbocycles. The highest BCUT2D eigenvalue weighted by atomic mass is 16.1. The largest absolute Gasteiger partial charge is 0.353 e. The molecule has 1 amide bonds. The molecule has 15 heavy (non-hydrogen) atoms. The van der Waals surface area contributed by atoms with E-state index in [4.69, 9.17) is 5.73 Å². The van der Waals surface area contributed by atoms with Gasteiger partial charge in [-0.05, 0) is 38.1 Å². The molecule has 0 radical (unpaired) electrons. The van der Waals surface area contributed by atoms with Crippen molar-refractivity contribution in [1.29, 1.82) is 0 Å². The second-order valence-electron chi connectivity index (χ2n) is 4.56. The normalized spacial score (nSPS) is 23.9. The number of hydrogen-bond donors (Lipinski definition) is 2. The first-order valence-electron chi connectivity index (χ1n) is 6.27. The molecule has 2 unspecified atom stereocenters. The number of nitrogens with one attached hydrogen (secondary N) is 1. The van der Waals surface area contributed by atoms with Crippen molar-refractivity contribution in [1.82, 2.24) is 5.32 Å². The topological polar surface area (TPSA) is 55.1 Å². The molecule has 1 aliphatic carbocycles. The second-order valence-corrected chi connectivity index (χ2v) is 4.56. The molecule has 1 aliphatic rings. The Morgan fingerprint density at radius 2 is 2.20 bits per heavy atom. The molecule has 1 rings (SSSR count). The molecule has 2 atom stereocenters. The molecule has 0 bridgehead atoms. The fraction of sp³-hybridized carbons (Fsp3) is 0.917. The van der Waals surface area contributed by atoms with Crippen LogP contribution in [0.3, 0.4) is 0 Å². The first-order valence-corrected chi connectivity index (χ1v) is 6.27. The zero-order chi connectivity index (χ0) is 11.1. The predicted octanol–water partition coefficient (Wildman–Crippen LogP) is 1.81. The number of unbranched alkanes of at least 4 members (excludes halogenated alkanes) is 2. The third kappa shape index (κ3) is 5.17. The van der Waals surface area contributed by atoms with Gasteiger partial charge in [-0.3, -0.25) is 4.79 Å². The summed E-state index contributed by atoms with van der Waals surface area (Å²) in [6.07, 6.45) is 7.46. The standard InChI is InChI=1S/C12H24N2O/c1-2-6-10-9-11(10)14-12(15)7-4-3-5-8-13/h10-11H,2-9,13H2,1H3,(H,14,15). The maximum Gasteiger partial charge on any atom is 0.220 e. The molecule has 0 aliphatic heterocycles. The first-order chi connectivity index (χ1) is 7.27. The highest BCUT2D eigenvalue weighted by molar-refractivity contribution is 5.76. The van der Waals surface area contributed by atoms with Crippen LogP contribution < -0.4 is 11.1 Å². The Balaban J connectivity index is 1.95. The van der Waals surface area contributed by atoms with Gasteiger partial charge in [-0.25, -0.2) is 0 Å². The third-order valence-corrected chi connectivity index (χ3v) is 3.04. The minimum atomic E-state index is 0.232. The molecule has 3 nitrogen and oxygen atoms in total. The van der Waals surface area contributed by atoms with E-state index in [1.165, 1.54) is 19.3 Å². The van der Waals surface area contributed by atoms with Crippen LogP contribution in [-0.4, -0.2) is 18.5 Å². The van der Waals surface area contributed by atoms with Crippen LogP contribution in [-0.2, 0) is 4.79 Å². The van der Waals surface area contributed by atoms with Gasteiger partial charge in [0.1, 0.15) is 0 Å². The van der Waals surface area contributed by atoms with Gasteiger partial charge in [0.25, 0.3) is 0 Å². The minimum Gasteiger partial charge on any atom is -0.353 e. The smallest absolute Gasteiger partial charge is 0.220 e. The Morgan fingerprint density at radius 3 is 2.87 bits per heavy atom. The summed E-state index contributed by atoms with van der Waals surface area (Å²) in [6, 6.07) is 0.493. The number of nitrogens with two attached hydrogens (primary N) is 1. The number of hydrogen-bond acceptors (Lipinski definition) is 2. The van der Waals surface area contributed by atoms with Gasteiger partial charge in [-0.2, -0.15) is 0 Å². The molecule has 1 fully saturated rings. The lowest BCUT2D eigenvalue weighted by Gasteiger charge is -2.04. The van der Waals surface area contributed by atoms with Gasteiger partial charge >= 0.3 is 0 Å². The molecule has 0 heterocycles. The van der Waals surface area contributed by atoms with E-state index in [0.717, 1.165) is 31.7 Å². The van der Waals surface area contributed by atoms with E-state index in [1.807, 2.05) is 0 Å². The molecule has 88 valence electrons. The Kier molecular flexibility index (Phi) is 5.69. The monoisotopic (exact) mass is 212 g/mol. The average Bonchev–Trinajstić information content (AvgIpc) is 2.92. The predicted molar refractivity (Wildman–Crippen MR) is 62.5 cm³/mol. The van der Waals surface area contributed by atoms with Crippen molar-refractivity contribution in [2.24, 2.45) is 11.7 Å². The quantitative estimate of drug-likeness (QED) is 0.603. The molecule has 0 aromatic rings. The van der Waals surface area contributed by atoms with E-state index in [2.05, 4.69) is 12.2 Å². The van der Waals surface area contributed by atoms with Gasteiger partial charge in [0.2, 0.25) is 5.91 Å². The summed E-state index contributed by atoms with van der Waals surface area (Å²) in [5.41, 5.74) is 5.39. The van der Waals surface area contributed by atoms with Crippen LogP contribution >= 0.6 is 0 Å². The lowest BCUT2D eigenvalue weighted by Crippen LogP contribution is -2.26. The number of carbonyl (C=O) groups excluding carboxylic acids is 1. The lowest BCUT2D eigenvalue weighted by atomic mass is 10.2. The first kappa shape index (κ1) is 12.5. The molecule has 0 spiro atoms. The van der Waals surface area contributed by atoms with Crippen LogP contribution in [0.2, 0.25) is 0 Å². The van der Waals surface area contributed by atoms with Gasteiger partial charge in [-0.15, -0.1) is 0 Å². The number of rotatable bonds is 8. The maximum atomic E-state index is 11.5. The van der Waals surface area contributed by atoms with Crippen LogP contribution in [0.4, 0.5) is 0 Å². The number of amides is 1. The van der Waals surface area contributed by atoms with E-state index in [1.54, 1.807) is 0 Å². The van der Waals surface area contributed by atoms with Crippen LogP contribution in [0.1, 0.15) is 51.9 Å². The van der Waals surface area contributed by atoms with E-state index in [-0.39, 0.29) is 5.91 Å². The molecular weight excluding hydrogens is 188 g/mol. The SMILES string of the molecule is CCCC1CC1NC(=O)CCCCCN. The summed E-state index contributed by atoms with van der Waals surface area (Å²) in [7, 11) is 0. The summed E-state index contributed by atoms with van der Waals surface area (Å²) in [5, 5.41) is 3.10. The molecule has 3 N–H and O–H groups in total. The van der Waals surface area contributed by atoms with Crippen molar-refractivity contribution < 1.29 is 4.79 Å². The van der Waals surface area contributed by atoms with E-state index in [9.17, 15) is 4.79 Å². The molecule has 1 saturated carbocycles. The van der Waals surface area contributed by atoms with Crippen molar-refractivity contribution in [3.8, 4) is 0 Å². The molecule has 3 heteroatoms. The van der Waals surface area contributed by atoms with Crippen LogP contribution in [0.25, 0.3) is 0 Å². The van der Waals surface area contributed by atoms with Gasteiger partial charge in [0.05, 0.1) is 0 Å². The Bertz CT molecular complexity index is 194. The Morgan fingerprint density at radius 1 is 1.40 bits per heavy atom. The summed E-state index contributed by atoms with van der Waals surface area (Å²) < 4.78 is 0. The fourth-order valence-corrected chi connectivity index (χ4v) is 2.00. The maximum absolute atomic E-state index is 11.5. The van der Waals surface area contributed by atoms with Gasteiger partial charge in [-0.1, -0.05) is 19.8 Å². The zero-order valence-corrected chi connectivity index (χ0v) is 9.80. The summed E-state index contributed by atoms with van der Waals surface area (Å²) >= 11 is 0. The van der Waals surface area contributed by atoms with Crippen molar-refractivity contribution >= 4 is 5.91 Å². The van der Waals surface area contributed by atoms with Crippen LogP contribution in [0, 0.1) is 5.92 Å². The summed E-state index contributed by atoms with van der Waals surface area (Å²) in [4.78, 5) is 11.5. The van der Waals surface area contributed by atoms with Crippen molar-refractivity contribution in [2.45, 2.75) is 57.9 Å². The highest BCUT2D eigenvalue weighted by Crippen LogP contribution is 2.34. The second kappa shape index (κ2) is 6.83. The molecular formula is C12H24N2O. The number of carbonyl (C=O) groups is 1. The van der Waals surface area contributed by atoms with E-state index < -0.39 is 0 Å². The van der Waals surface area contributed by atoms with Gasteiger partial charge < -0.3 is 11.1 Å². The van der Waals surface area contributed by atoms with Gasteiger partial charge in [0, 0.05) is 12.5 Å². The van der Waals surface area contributed by atoms with Crippen molar-refractivity contribution in [2.75, 3.05) is 6.54 Å². The Hall–Kier alpha value is -0.570. The van der Waals surface area contributed by atoms with E-state index >= 15 is 0 Å². The Labute approximate surface area is 92.8 Å². The molecule has 0 aromatic heterocycles. The summed E-state index contributed by atoms with van der Waals surface area (Å²) in [5.74, 6) is 0.999. The van der Waals surface area contributed by atoms with Crippen LogP contribution in [0.15, 0.2) is 0 Å². The van der Waals surface area contributed by atoms with Crippen molar-refractivity contribution in [3.63, 3.8) is 0 Å². The fourth-order valence-electron chi connectivity index (χ4n) is 2.00. The third-order valence-electron chi connectivity index (χ3n) is 3.04. The summed E-state index contributed by atoms with van der Waals surface area (Å²) in [6.45, 7) is 2.94. The zero-order valence-electron chi connectivity index (χ0n) is 9.80. The van der Waals surface area contributed by atoms with Crippen molar-refractivity contribution in [3.05, 3.63) is 0 Å². The highest BCUT2D eigenvalue weighted by Gasteiger charge is 2.36. The van der Waals surface area contributed by atoms with Gasteiger partial charge in [0.15, 0.2) is 0 Å².